The van der Waals surface area contributed by atoms with E-state index in [2.05, 4.69) is 35.0 Å². The molecule has 0 saturated heterocycles. The lowest BCUT2D eigenvalue weighted by Crippen LogP contribution is -2.32. The van der Waals surface area contributed by atoms with E-state index in [0.29, 0.717) is 6.42 Å². The lowest BCUT2D eigenvalue weighted by Gasteiger charge is -2.26. The van der Waals surface area contributed by atoms with E-state index in [9.17, 15) is 8.42 Å². The third-order valence-electron chi connectivity index (χ3n) is 3.74. The Morgan fingerprint density at radius 2 is 2.00 bits per heavy atom. The van der Waals surface area contributed by atoms with Gasteiger partial charge in [0, 0.05) is 4.47 Å². The highest BCUT2D eigenvalue weighted by Crippen LogP contribution is 2.41. The van der Waals surface area contributed by atoms with Crippen LogP contribution >= 0.6 is 15.9 Å². The average Bonchev–Trinajstić information content (AvgIpc) is 2.51. The number of rotatable bonds is 3. The Hall–Kier alpha value is -0.390. The molecule has 2 unspecified atom stereocenters. The molecule has 0 amide bonds. The highest BCUT2D eigenvalue weighted by atomic mass is 79.9. The van der Waals surface area contributed by atoms with Gasteiger partial charge in [-0.05, 0) is 54.9 Å². The lowest BCUT2D eigenvalue weighted by atomic mass is 9.82. The molecule has 0 saturated carbocycles. The summed E-state index contributed by atoms with van der Waals surface area (Å²) in [4.78, 5) is 0. The highest BCUT2D eigenvalue weighted by Gasteiger charge is 2.36. The first-order chi connectivity index (χ1) is 8.20. The molecule has 0 aromatic heterocycles. The van der Waals surface area contributed by atoms with Gasteiger partial charge in [0.15, 0.2) is 0 Å². The largest absolute Gasteiger partial charge is 0.228 e. The molecule has 0 bridgehead atoms. The van der Waals surface area contributed by atoms with Crippen molar-refractivity contribution in [2.75, 3.05) is 0 Å². The van der Waals surface area contributed by atoms with Crippen LogP contribution in [0.5, 0.6) is 0 Å². The van der Waals surface area contributed by atoms with Gasteiger partial charge in [0.05, 0.1) is 5.25 Å². The van der Waals surface area contributed by atoms with Crippen molar-refractivity contribution in [3.8, 4) is 0 Å². The minimum absolute atomic E-state index is 0.00498. The Bertz CT molecular complexity index is 570. The number of sulfonamides is 1. The molecule has 1 aromatic rings. The van der Waals surface area contributed by atoms with E-state index in [-0.39, 0.29) is 5.41 Å². The van der Waals surface area contributed by atoms with Gasteiger partial charge >= 0.3 is 0 Å². The van der Waals surface area contributed by atoms with Crippen LogP contribution < -0.4 is 5.14 Å². The van der Waals surface area contributed by atoms with E-state index in [1.165, 1.54) is 11.1 Å². The quantitative estimate of drug-likeness (QED) is 0.925. The van der Waals surface area contributed by atoms with Crippen molar-refractivity contribution in [1.82, 2.24) is 0 Å². The van der Waals surface area contributed by atoms with Gasteiger partial charge in [0.2, 0.25) is 10.0 Å². The zero-order valence-corrected chi connectivity index (χ0v) is 13.0. The van der Waals surface area contributed by atoms with Crippen LogP contribution in [0.4, 0.5) is 0 Å². The standard InChI is InChI=1S/C13H18BrNO2S/c1-9(18(15,16)17)6-13(2)7-10-3-4-12(14)5-11(10)8-13/h3-5,9H,6-8H2,1-2H3,(H2,15,16,17). The van der Waals surface area contributed by atoms with Crippen molar-refractivity contribution < 1.29 is 8.42 Å². The monoisotopic (exact) mass is 331 g/mol. The topological polar surface area (TPSA) is 60.2 Å². The van der Waals surface area contributed by atoms with Crippen molar-refractivity contribution in [2.45, 2.75) is 38.4 Å². The molecular weight excluding hydrogens is 314 g/mol. The third kappa shape index (κ3) is 2.95. The Labute approximate surface area is 117 Å². The summed E-state index contributed by atoms with van der Waals surface area (Å²) in [6.45, 7) is 3.84. The van der Waals surface area contributed by atoms with Crippen LogP contribution in [-0.2, 0) is 22.9 Å². The zero-order chi connectivity index (χ0) is 13.6. The molecule has 1 aliphatic rings. The average molecular weight is 332 g/mol. The zero-order valence-electron chi connectivity index (χ0n) is 10.6. The molecule has 0 fully saturated rings. The molecule has 18 heavy (non-hydrogen) atoms. The van der Waals surface area contributed by atoms with Crippen LogP contribution in [0.15, 0.2) is 22.7 Å². The van der Waals surface area contributed by atoms with Crippen LogP contribution in [0.25, 0.3) is 0 Å². The number of halogens is 1. The summed E-state index contributed by atoms with van der Waals surface area (Å²) < 4.78 is 23.8. The van der Waals surface area contributed by atoms with Gasteiger partial charge in [-0.3, -0.25) is 0 Å². The van der Waals surface area contributed by atoms with Gasteiger partial charge in [0.1, 0.15) is 0 Å². The fraction of sp³-hybridized carbons (Fsp3) is 0.538. The first kappa shape index (κ1) is 14.0. The summed E-state index contributed by atoms with van der Waals surface area (Å²) >= 11 is 3.47. The van der Waals surface area contributed by atoms with Gasteiger partial charge in [0.25, 0.3) is 0 Å². The van der Waals surface area contributed by atoms with E-state index in [4.69, 9.17) is 5.14 Å². The van der Waals surface area contributed by atoms with Crippen molar-refractivity contribution in [1.29, 1.82) is 0 Å². The van der Waals surface area contributed by atoms with E-state index in [0.717, 1.165) is 17.3 Å². The number of hydrogen-bond donors (Lipinski definition) is 1. The maximum atomic E-state index is 11.4. The number of nitrogens with two attached hydrogens (primary N) is 1. The molecule has 0 spiro atoms. The highest BCUT2D eigenvalue weighted by molar-refractivity contribution is 9.10. The van der Waals surface area contributed by atoms with Crippen LogP contribution in [-0.4, -0.2) is 13.7 Å². The molecule has 100 valence electrons. The Morgan fingerprint density at radius 1 is 1.39 bits per heavy atom. The molecule has 5 heteroatoms. The van der Waals surface area contributed by atoms with Crippen molar-refractivity contribution in [2.24, 2.45) is 10.6 Å². The Balaban J connectivity index is 2.18. The van der Waals surface area contributed by atoms with Crippen LogP contribution in [0, 0.1) is 5.41 Å². The van der Waals surface area contributed by atoms with Gasteiger partial charge in [-0.15, -0.1) is 0 Å². The van der Waals surface area contributed by atoms with Gasteiger partial charge in [-0.2, -0.15) is 0 Å². The Morgan fingerprint density at radius 3 is 2.61 bits per heavy atom. The molecular formula is C13H18BrNO2S. The summed E-state index contributed by atoms with van der Waals surface area (Å²) in [6, 6.07) is 6.28. The fourth-order valence-electron chi connectivity index (χ4n) is 2.87. The summed E-state index contributed by atoms with van der Waals surface area (Å²) in [7, 11) is -3.43. The summed E-state index contributed by atoms with van der Waals surface area (Å²) in [5.41, 5.74) is 2.63. The van der Waals surface area contributed by atoms with Crippen molar-refractivity contribution in [3.63, 3.8) is 0 Å². The summed E-state index contributed by atoms with van der Waals surface area (Å²) in [5, 5.41) is 4.72. The molecule has 0 radical (unpaired) electrons. The summed E-state index contributed by atoms with van der Waals surface area (Å²) in [6.07, 6.45) is 2.45. The molecule has 2 rings (SSSR count). The molecule has 1 aliphatic carbocycles. The molecule has 3 nitrogen and oxygen atoms in total. The van der Waals surface area contributed by atoms with E-state index >= 15 is 0 Å². The number of primary sulfonamides is 1. The molecule has 0 aliphatic heterocycles. The van der Waals surface area contributed by atoms with Gasteiger partial charge in [-0.25, -0.2) is 13.6 Å². The first-order valence-corrected chi connectivity index (χ1v) is 8.39. The first-order valence-electron chi connectivity index (χ1n) is 5.99. The third-order valence-corrected chi connectivity index (χ3v) is 5.53. The SMILES string of the molecule is CC(CC1(C)Cc2ccc(Br)cc2C1)S(N)(=O)=O. The van der Waals surface area contributed by atoms with Gasteiger partial charge in [-0.1, -0.05) is 28.9 Å². The molecule has 1 aromatic carbocycles. The fourth-order valence-corrected chi connectivity index (χ4v) is 3.91. The molecule has 0 heterocycles. The van der Waals surface area contributed by atoms with Crippen molar-refractivity contribution >= 4 is 26.0 Å². The number of benzene rings is 1. The summed E-state index contributed by atoms with van der Waals surface area (Å²) in [5.74, 6) is 0. The van der Waals surface area contributed by atoms with Crippen LogP contribution in [0.3, 0.4) is 0 Å². The minimum atomic E-state index is -3.43. The van der Waals surface area contributed by atoms with Crippen LogP contribution in [0.1, 0.15) is 31.4 Å². The normalized spacial score (nSPS) is 24.9. The van der Waals surface area contributed by atoms with E-state index in [1.54, 1.807) is 6.92 Å². The smallest absolute Gasteiger partial charge is 0.211 e. The maximum Gasteiger partial charge on any atom is 0.211 e. The van der Waals surface area contributed by atoms with Crippen LogP contribution in [0.2, 0.25) is 0 Å². The second kappa shape index (κ2) is 4.62. The van der Waals surface area contributed by atoms with E-state index in [1.807, 2.05) is 6.07 Å². The second-order valence-corrected chi connectivity index (χ2v) is 8.58. The van der Waals surface area contributed by atoms with E-state index < -0.39 is 15.3 Å². The molecule has 2 N–H and O–H groups in total. The predicted octanol–water partition coefficient (Wildman–Crippen LogP) is 2.62. The number of hydrogen-bond acceptors (Lipinski definition) is 2. The predicted molar refractivity (Wildman–Crippen MR) is 76.8 cm³/mol. The number of fused-ring (bicyclic) bond motifs is 1. The van der Waals surface area contributed by atoms with Gasteiger partial charge < -0.3 is 0 Å². The Kier molecular flexibility index (Phi) is 3.60. The minimum Gasteiger partial charge on any atom is -0.228 e. The lowest BCUT2D eigenvalue weighted by molar-refractivity contribution is 0.313. The maximum absolute atomic E-state index is 11.4. The van der Waals surface area contributed by atoms with Crippen molar-refractivity contribution in [3.05, 3.63) is 33.8 Å². The second-order valence-electron chi connectivity index (χ2n) is 5.68. The molecule has 2 atom stereocenters.